The first kappa shape index (κ1) is 22.3. The zero-order chi connectivity index (χ0) is 21.1. The Balaban J connectivity index is 1.22. The molecule has 0 aromatic rings. The molecule has 1 aliphatic heterocycles. The fourth-order valence-corrected chi connectivity index (χ4v) is 11.3. The highest BCUT2D eigenvalue weighted by Crippen LogP contribution is 2.68. The van der Waals surface area contributed by atoms with E-state index in [1.165, 1.54) is 77.0 Å². The normalized spacial score (nSPS) is 53.5. The van der Waals surface area contributed by atoms with E-state index in [0.29, 0.717) is 26.6 Å². The van der Waals surface area contributed by atoms with Crippen molar-refractivity contribution in [2.45, 2.75) is 114 Å². The number of hydrogen-bond donors (Lipinski definition) is 1. The lowest BCUT2D eigenvalue weighted by Gasteiger charge is -2.60. The van der Waals surface area contributed by atoms with E-state index in [1.807, 2.05) is 0 Å². The van der Waals surface area contributed by atoms with Gasteiger partial charge in [-0.15, -0.1) is 11.8 Å². The van der Waals surface area contributed by atoms with Crippen molar-refractivity contribution in [3.05, 3.63) is 0 Å². The second kappa shape index (κ2) is 8.05. The average Bonchev–Trinajstić information content (AvgIpc) is 3.23. The zero-order valence-corrected chi connectivity index (χ0v) is 21.2. The van der Waals surface area contributed by atoms with E-state index in [-0.39, 0.29) is 0 Å². The molecule has 0 radical (unpaired) electrons. The first-order chi connectivity index (χ1) is 14.3. The molecule has 1 N–H and O–H groups in total. The van der Waals surface area contributed by atoms with Gasteiger partial charge < -0.3 is 4.55 Å². The Morgan fingerprint density at radius 3 is 2.50 bits per heavy atom. The summed E-state index contributed by atoms with van der Waals surface area (Å²) >= 11 is 0.455. The van der Waals surface area contributed by atoms with Crippen molar-refractivity contribution < 1.29 is 8.76 Å². The van der Waals surface area contributed by atoms with Gasteiger partial charge in [0.2, 0.25) is 0 Å². The molecule has 5 fully saturated rings. The number of thioether (sulfide) groups is 1. The average molecular weight is 453 g/mol. The lowest BCUT2D eigenvalue weighted by atomic mass is 9.45. The second-order valence-corrected chi connectivity index (χ2v) is 15.3. The summed E-state index contributed by atoms with van der Waals surface area (Å²) < 4.78 is 20.5. The van der Waals surface area contributed by atoms with Crippen LogP contribution in [0.4, 0.5) is 0 Å². The highest BCUT2D eigenvalue weighted by molar-refractivity contribution is 8.08. The van der Waals surface area contributed by atoms with Gasteiger partial charge in [0.1, 0.15) is 0 Å². The van der Waals surface area contributed by atoms with E-state index < -0.39 is 11.1 Å². The fourth-order valence-electron chi connectivity index (χ4n) is 9.42. The molecule has 10 atom stereocenters. The van der Waals surface area contributed by atoms with E-state index in [2.05, 4.69) is 32.5 Å². The summed E-state index contributed by atoms with van der Waals surface area (Å²) in [6.07, 6.45) is 18.7. The minimum Gasteiger partial charge on any atom is -0.306 e. The van der Waals surface area contributed by atoms with Gasteiger partial charge in [0.05, 0.1) is 5.75 Å². The zero-order valence-electron chi connectivity index (χ0n) is 19.5. The predicted molar refractivity (Wildman–Crippen MR) is 129 cm³/mol. The van der Waals surface area contributed by atoms with E-state index in [0.717, 1.165) is 36.0 Å². The maximum absolute atomic E-state index is 11.0. The first-order valence-corrected chi connectivity index (χ1v) is 15.2. The van der Waals surface area contributed by atoms with Gasteiger partial charge in [0.15, 0.2) is 11.1 Å². The second-order valence-electron chi connectivity index (χ2n) is 12.5. The summed E-state index contributed by atoms with van der Waals surface area (Å²) in [7, 11) is 0. The molecule has 5 rings (SSSR count). The molecule has 5 aliphatic rings. The van der Waals surface area contributed by atoms with Crippen molar-refractivity contribution in [1.82, 2.24) is 0 Å². The standard InChI is InChI=1S/C26H44O2S2/c1-24-14-5-4-6-18(24)7-9-20-21-10-8-19(25(21,2)15-12-22(20)24)11-16-26(3)23(29-26)13-17-30(27)28/h18-23H,4-17H2,1-3H3,(H,27,28). The summed E-state index contributed by atoms with van der Waals surface area (Å²) in [5.74, 6) is 5.45. The van der Waals surface area contributed by atoms with Crippen LogP contribution >= 0.6 is 11.8 Å². The molecular formula is C26H44O2S2. The van der Waals surface area contributed by atoms with Gasteiger partial charge in [-0.05, 0) is 118 Å². The molecule has 172 valence electrons. The Labute approximate surface area is 191 Å². The molecule has 4 saturated carbocycles. The van der Waals surface area contributed by atoms with Gasteiger partial charge in [0.25, 0.3) is 0 Å². The van der Waals surface area contributed by atoms with Gasteiger partial charge >= 0.3 is 0 Å². The molecule has 30 heavy (non-hydrogen) atoms. The fraction of sp³-hybridized carbons (Fsp3) is 1.00. The Kier molecular flexibility index (Phi) is 5.97. The van der Waals surface area contributed by atoms with E-state index in [1.54, 1.807) is 0 Å². The van der Waals surface area contributed by atoms with Crippen LogP contribution in [0.15, 0.2) is 0 Å². The van der Waals surface area contributed by atoms with Crippen LogP contribution in [0, 0.1) is 40.4 Å². The van der Waals surface area contributed by atoms with E-state index in [4.69, 9.17) is 4.55 Å². The maximum atomic E-state index is 11.0. The smallest absolute Gasteiger partial charge is 0.152 e. The molecule has 0 amide bonds. The van der Waals surface area contributed by atoms with E-state index in [9.17, 15) is 4.21 Å². The molecular weight excluding hydrogens is 408 g/mol. The summed E-state index contributed by atoms with van der Waals surface area (Å²) in [6.45, 7) is 7.81. The molecule has 10 unspecified atom stereocenters. The van der Waals surface area contributed by atoms with Crippen LogP contribution in [0.25, 0.3) is 0 Å². The number of hydrogen-bond acceptors (Lipinski definition) is 2. The van der Waals surface area contributed by atoms with Gasteiger partial charge in [-0.2, -0.15) is 0 Å². The molecule has 0 spiro atoms. The monoisotopic (exact) mass is 452 g/mol. The minimum atomic E-state index is -1.62. The van der Waals surface area contributed by atoms with Crippen LogP contribution in [0.1, 0.15) is 104 Å². The third-order valence-electron chi connectivity index (χ3n) is 11.4. The predicted octanol–water partition coefficient (Wildman–Crippen LogP) is 7.30. The van der Waals surface area contributed by atoms with Crippen molar-refractivity contribution in [2.24, 2.45) is 40.4 Å². The van der Waals surface area contributed by atoms with Crippen LogP contribution in [0.5, 0.6) is 0 Å². The highest BCUT2D eigenvalue weighted by atomic mass is 32.2. The summed E-state index contributed by atoms with van der Waals surface area (Å²) in [6, 6.07) is 0. The molecule has 2 nitrogen and oxygen atoms in total. The number of rotatable bonds is 6. The summed E-state index contributed by atoms with van der Waals surface area (Å²) in [5.41, 5.74) is 1.26. The Morgan fingerprint density at radius 2 is 1.70 bits per heavy atom. The Hall–Kier alpha value is 0.460. The van der Waals surface area contributed by atoms with Gasteiger partial charge in [-0.25, -0.2) is 4.21 Å². The van der Waals surface area contributed by atoms with Gasteiger partial charge in [0, 0.05) is 10.00 Å². The highest BCUT2D eigenvalue weighted by Gasteiger charge is 2.60. The van der Waals surface area contributed by atoms with Crippen LogP contribution in [0.3, 0.4) is 0 Å². The van der Waals surface area contributed by atoms with Crippen LogP contribution in [-0.4, -0.2) is 24.5 Å². The Bertz CT molecular complexity index is 682. The number of fused-ring (bicyclic) bond motifs is 5. The van der Waals surface area contributed by atoms with Crippen molar-refractivity contribution >= 4 is 22.8 Å². The van der Waals surface area contributed by atoms with Gasteiger partial charge in [-0.3, -0.25) is 0 Å². The van der Waals surface area contributed by atoms with Crippen molar-refractivity contribution in [3.63, 3.8) is 0 Å². The van der Waals surface area contributed by atoms with Crippen LogP contribution in [-0.2, 0) is 11.1 Å². The molecule has 1 saturated heterocycles. The molecule has 0 aromatic carbocycles. The molecule has 4 aliphatic carbocycles. The lowest BCUT2D eigenvalue weighted by molar-refractivity contribution is -0.111. The van der Waals surface area contributed by atoms with Crippen molar-refractivity contribution in [2.75, 3.05) is 5.75 Å². The third-order valence-corrected chi connectivity index (χ3v) is 13.8. The summed E-state index contributed by atoms with van der Waals surface area (Å²) in [5, 5.41) is 0.621. The Morgan fingerprint density at radius 1 is 0.900 bits per heavy atom. The van der Waals surface area contributed by atoms with E-state index >= 15 is 0 Å². The molecule has 0 bridgehead atoms. The van der Waals surface area contributed by atoms with Crippen molar-refractivity contribution in [1.29, 1.82) is 0 Å². The largest absolute Gasteiger partial charge is 0.306 e. The minimum absolute atomic E-state index is 0.388. The topological polar surface area (TPSA) is 37.3 Å². The quantitative estimate of drug-likeness (QED) is 0.339. The van der Waals surface area contributed by atoms with Crippen molar-refractivity contribution in [3.8, 4) is 0 Å². The molecule has 1 heterocycles. The van der Waals surface area contributed by atoms with Crippen LogP contribution < -0.4 is 0 Å². The maximum Gasteiger partial charge on any atom is 0.152 e. The lowest BCUT2D eigenvalue weighted by Crippen LogP contribution is -2.52. The SMILES string of the molecule is CC1(CCC2CCC3C4CCC5CCCCC5(C)C4CCC23C)SC1CCS(=O)O. The molecule has 0 aromatic heterocycles. The van der Waals surface area contributed by atoms with Crippen LogP contribution in [0.2, 0.25) is 0 Å². The summed E-state index contributed by atoms with van der Waals surface area (Å²) in [4.78, 5) is 0. The molecule has 4 heteroatoms. The first-order valence-electron chi connectivity index (χ1n) is 13.0. The van der Waals surface area contributed by atoms with Gasteiger partial charge in [-0.1, -0.05) is 26.7 Å². The third kappa shape index (κ3) is 3.67.